The Bertz CT molecular complexity index is 778. The number of rotatable bonds is 6. The zero-order chi connectivity index (χ0) is 19.4. The normalized spacial score (nSPS) is 22.5. The first-order chi connectivity index (χ1) is 12.9. The van der Waals surface area contributed by atoms with Crippen LogP contribution in [0.2, 0.25) is 0 Å². The summed E-state index contributed by atoms with van der Waals surface area (Å²) in [7, 11) is -2.43. The molecule has 2 fully saturated rings. The number of likely N-dealkylation sites (tertiary alicyclic amines) is 1. The zero-order valence-corrected chi connectivity index (χ0v) is 16.5. The van der Waals surface area contributed by atoms with Gasteiger partial charge in [0, 0.05) is 24.7 Å². The van der Waals surface area contributed by atoms with Crippen LogP contribution < -0.4 is 10.0 Å². The van der Waals surface area contributed by atoms with Crippen LogP contribution in [0.25, 0.3) is 0 Å². The molecule has 1 heterocycles. The molecule has 9 heteroatoms. The van der Waals surface area contributed by atoms with Gasteiger partial charge in [0.1, 0.15) is 5.69 Å². The Morgan fingerprint density at radius 3 is 2.56 bits per heavy atom. The Kier molecular flexibility index (Phi) is 6.33. The fourth-order valence-electron chi connectivity index (χ4n) is 4.19. The van der Waals surface area contributed by atoms with Gasteiger partial charge in [-0.15, -0.1) is 0 Å². The summed E-state index contributed by atoms with van der Waals surface area (Å²) < 4.78 is 26.1. The highest BCUT2D eigenvalue weighted by Gasteiger charge is 2.28. The standard InChI is InChI=1S/C18H28N4O4S/c1-19-27(25,26)16-9-10-17(18(12-16)22(23)24)20-14-6-5-11-21(13-14)15-7-3-2-4-8-15/h9-10,12,14-15,19-20H,2-8,11,13H2,1H3. The summed E-state index contributed by atoms with van der Waals surface area (Å²) in [6, 6.07) is 4.79. The Balaban J connectivity index is 1.75. The SMILES string of the molecule is CNS(=O)(=O)c1ccc(NC2CCCN(C3CCCCC3)C2)c([N+](=O)[O-])c1. The molecule has 1 atom stereocenters. The van der Waals surface area contributed by atoms with Crippen molar-refractivity contribution in [1.82, 2.24) is 9.62 Å². The highest BCUT2D eigenvalue weighted by atomic mass is 32.2. The van der Waals surface area contributed by atoms with Crippen LogP contribution >= 0.6 is 0 Å². The molecule has 0 bridgehead atoms. The van der Waals surface area contributed by atoms with Gasteiger partial charge in [0.25, 0.3) is 5.69 Å². The van der Waals surface area contributed by atoms with Gasteiger partial charge in [0.05, 0.1) is 9.82 Å². The van der Waals surface area contributed by atoms with Crippen LogP contribution in [0.4, 0.5) is 11.4 Å². The number of hydrogen-bond donors (Lipinski definition) is 2. The minimum atomic E-state index is -3.72. The molecule has 0 aromatic heterocycles. The Labute approximate surface area is 160 Å². The quantitative estimate of drug-likeness (QED) is 0.566. The van der Waals surface area contributed by atoms with Gasteiger partial charge in [-0.3, -0.25) is 15.0 Å². The molecule has 2 aliphatic rings. The molecule has 3 rings (SSSR count). The lowest BCUT2D eigenvalue weighted by Crippen LogP contribution is -2.47. The van der Waals surface area contributed by atoms with Crippen molar-refractivity contribution in [1.29, 1.82) is 0 Å². The fourth-order valence-corrected chi connectivity index (χ4v) is 4.94. The van der Waals surface area contributed by atoms with Crippen molar-refractivity contribution < 1.29 is 13.3 Å². The first-order valence-corrected chi connectivity index (χ1v) is 11.1. The van der Waals surface area contributed by atoms with Gasteiger partial charge in [0.2, 0.25) is 10.0 Å². The number of benzene rings is 1. The maximum Gasteiger partial charge on any atom is 0.293 e. The monoisotopic (exact) mass is 396 g/mol. The largest absolute Gasteiger partial charge is 0.375 e. The third-order valence-electron chi connectivity index (χ3n) is 5.65. The molecular weight excluding hydrogens is 368 g/mol. The summed E-state index contributed by atoms with van der Waals surface area (Å²) in [5, 5.41) is 14.8. The van der Waals surface area contributed by atoms with E-state index in [1.807, 2.05) is 0 Å². The molecule has 0 amide bonds. The molecule has 1 aromatic carbocycles. The molecule has 0 radical (unpaired) electrons. The number of nitrogens with one attached hydrogen (secondary N) is 2. The van der Waals surface area contributed by atoms with Crippen LogP contribution in [0.1, 0.15) is 44.9 Å². The number of sulfonamides is 1. The van der Waals surface area contributed by atoms with Crippen LogP contribution in [0, 0.1) is 10.1 Å². The van der Waals surface area contributed by atoms with E-state index in [2.05, 4.69) is 14.9 Å². The lowest BCUT2D eigenvalue weighted by molar-refractivity contribution is -0.384. The lowest BCUT2D eigenvalue weighted by atomic mass is 9.92. The molecule has 1 aliphatic heterocycles. The topological polar surface area (TPSA) is 105 Å². The molecule has 1 aromatic rings. The molecule has 8 nitrogen and oxygen atoms in total. The Morgan fingerprint density at radius 2 is 1.89 bits per heavy atom. The van der Waals surface area contributed by atoms with Crippen LogP contribution in [-0.2, 0) is 10.0 Å². The van der Waals surface area contributed by atoms with E-state index < -0.39 is 14.9 Å². The maximum atomic E-state index is 11.9. The molecule has 1 saturated carbocycles. The van der Waals surface area contributed by atoms with E-state index in [4.69, 9.17) is 0 Å². The van der Waals surface area contributed by atoms with E-state index in [1.54, 1.807) is 0 Å². The molecule has 1 aliphatic carbocycles. The van der Waals surface area contributed by atoms with Gasteiger partial charge < -0.3 is 5.32 Å². The van der Waals surface area contributed by atoms with Gasteiger partial charge in [-0.2, -0.15) is 0 Å². The highest BCUT2D eigenvalue weighted by molar-refractivity contribution is 7.89. The van der Waals surface area contributed by atoms with Crippen LogP contribution in [-0.4, -0.2) is 50.5 Å². The summed E-state index contributed by atoms with van der Waals surface area (Å²) >= 11 is 0. The van der Waals surface area contributed by atoms with Gasteiger partial charge in [-0.1, -0.05) is 19.3 Å². The molecule has 1 saturated heterocycles. The van der Waals surface area contributed by atoms with E-state index in [-0.39, 0.29) is 16.6 Å². The van der Waals surface area contributed by atoms with Crippen molar-refractivity contribution in [3.05, 3.63) is 28.3 Å². The predicted octanol–water partition coefficient (Wildman–Crippen LogP) is 2.71. The van der Waals surface area contributed by atoms with Crippen molar-refractivity contribution in [2.24, 2.45) is 0 Å². The fraction of sp³-hybridized carbons (Fsp3) is 0.667. The van der Waals surface area contributed by atoms with E-state index in [9.17, 15) is 18.5 Å². The first kappa shape index (κ1) is 20.0. The van der Waals surface area contributed by atoms with Crippen molar-refractivity contribution in [2.45, 2.75) is 61.9 Å². The van der Waals surface area contributed by atoms with Crippen LogP contribution in [0.5, 0.6) is 0 Å². The number of nitrogens with zero attached hydrogens (tertiary/aromatic N) is 2. The number of nitro benzene ring substituents is 1. The summed E-state index contributed by atoms with van der Waals surface area (Å²) in [4.78, 5) is 13.4. The number of hydrogen-bond acceptors (Lipinski definition) is 6. The van der Waals surface area contributed by atoms with Crippen LogP contribution in [0.15, 0.2) is 23.1 Å². The summed E-state index contributed by atoms with van der Waals surface area (Å²) in [6.45, 7) is 1.96. The van der Waals surface area contributed by atoms with Gasteiger partial charge >= 0.3 is 0 Å². The smallest absolute Gasteiger partial charge is 0.293 e. The van der Waals surface area contributed by atoms with Gasteiger partial charge in [0.15, 0.2) is 0 Å². The molecule has 150 valence electrons. The lowest BCUT2D eigenvalue weighted by Gasteiger charge is -2.40. The number of piperidine rings is 1. The zero-order valence-electron chi connectivity index (χ0n) is 15.7. The average Bonchev–Trinajstić information content (AvgIpc) is 2.69. The summed E-state index contributed by atoms with van der Waals surface area (Å²) in [5.74, 6) is 0. The van der Waals surface area contributed by atoms with E-state index in [0.717, 1.165) is 32.0 Å². The van der Waals surface area contributed by atoms with Crippen molar-refractivity contribution in [3.63, 3.8) is 0 Å². The second-order valence-corrected chi connectivity index (χ2v) is 9.30. The molecule has 27 heavy (non-hydrogen) atoms. The predicted molar refractivity (Wildman–Crippen MR) is 104 cm³/mol. The molecule has 2 N–H and O–H groups in total. The minimum absolute atomic E-state index is 0.102. The summed E-state index contributed by atoms with van der Waals surface area (Å²) in [6.07, 6.45) is 8.39. The number of anilines is 1. The Hall–Kier alpha value is -1.71. The van der Waals surface area contributed by atoms with E-state index >= 15 is 0 Å². The molecule has 0 spiro atoms. The van der Waals surface area contributed by atoms with Gasteiger partial charge in [-0.05, 0) is 51.4 Å². The minimum Gasteiger partial charge on any atom is -0.375 e. The molecular formula is C18H28N4O4S. The van der Waals surface area contributed by atoms with Crippen molar-refractivity contribution >= 4 is 21.4 Å². The van der Waals surface area contributed by atoms with Crippen LogP contribution in [0.3, 0.4) is 0 Å². The third kappa shape index (κ3) is 4.77. The van der Waals surface area contributed by atoms with E-state index in [0.29, 0.717) is 11.7 Å². The van der Waals surface area contributed by atoms with Crippen molar-refractivity contribution in [2.75, 3.05) is 25.5 Å². The third-order valence-corrected chi connectivity index (χ3v) is 7.06. The second kappa shape index (κ2) is 8.53. The first-order valence-electron chi connectivity index (χ1n) is 9.63. The highest BCUT2D eigenvalue weighted by Crippen LogP contribution is 2.30. The number of nitro groups is 1. The van der Waals surface area contributed by atoms with E-state index in [1.165, 1.54) is 51.3 Å². The molecule has 1 unspecified atom stereocenters. The second-order valence-electron chi connectivity index (χ2n) is 7.41. The summed E-state index contributed by atoms with van der Waals surface area (Å²) in [5.41, 5.74) is 0.173. The average molecular weight is 397 g/mol. The Morgan fingerprint density at radius 1 is 1.15 bits per heavy atom. The van der Waals surface area contributed by atoms with Crippen molar-refractivity contribution in [3.8, 4) is 0 Å². The maximum absolute atomic E-state index is 11.9. The van der Waals surface area contributed by atoms with Gasteiger partial charge in [-0.25, -0.2) is 13.1 Å².